The van der Waals surface area contributed by atoms with E-state index in [1.54, 1.807) is 17.4 Å². The monoisotopic (exact) mass is 545 g/mol. The van der Waals surface area contributed by atoms with Crippen molar-refractivity contribution in [3.05, 3.63) is 74.2 Å². The van der Waals surface area contributed by atoms with E-state index < -0.39 is 11.7 Å². The SMILES string of the molecule is COC(=[OH+])CC1COc2cc(O[C@@H]3CCc4c3ccc(C(F)(F)F)c4CN3CCc4ncsc4C3)ccc21. The number of ether oxygens (including phenoxy) is 3. The van der Waals surface area contributed by atoms with Gasteiger partial charge in [-0.1, -0.05) is 12.1 Å². The predicted molar refractivity (Wildman–Crippen MR) is 136 cm³/mol. The van der Waals surface area contributed by atoms with Crippen LogP contribution in [0.25, 0.3) is 0 Å². The number of thiazole rings is 1. The van der Waals surface area contributed by atoms with E-state index in [4.69, 9.17) is 14.2 Å². The van der Waals surface area contributed by atoms with Crippen molar-refractivity contribution in [2.45, 2.75) is 57.0 Å². The zero-order chi connectivity index (χ0) is 26.4. The van der Waals surface area contributed by atoms with Crippen molar-refractivity contribution < 1.29 is 32.2 Å². The number of fused-ring (bicyclic) bond motifs is 3. The van der Waals surface area contributed by atoms with Crippen LogP contribution >= 0.6 is 11.3 Å². The average Bonchev–Trinajstić information content (AvgIpc) is 3.62. The number of esters is 1. The van der Waals surface area contributed by atoms with Gasteiger partial charge in [-0.25, -0.2) is 4.98 Å². The summed E-state index contributed by atoms with van der Waals surface area (Å²) in [4.78, 5) is 17.3. The summed E-state index contributed by atoms with van der Waals surface area (Å²) in [7, 11) is 1.43. The van der Waals surface area contributed by atoms with Gasteiger partial charge in [-0.05, 0) is 41.7 Å². The number of hydrogen-bond donors (Lipinski definition) is 0. The van der Waals surface area contributed by atoms with Crippen LogP contribution in [-0.2, 0) is 36.8 Å². The maximum Gasteiger partial charge on any atom is 0.483 e. The molecule has 200 valence electrons. The molecular formula is C28H28F3N2O4S+. The van der Waals surface area contributed by atoms with Crippen molar-refractivity contribution in [3.63, 3.8) is 0 Å². The third-order valence-corrected chi connectivity index (χ3v) is 8.58. The summed E-state index contributed by atoms with van der Waals surface area (Å²) in [5.74, 6) is 1.25. The van der Waals surface area contributed by atoms with Crippen LogP contribution in [-0.4, -0.2) is 40.9 Å². The fraction of sp³-hybridized carbons (Fsp3) is 0.429. The molecule has 3 aromatic rings. The lowest BCUT2D eigenvalue weighted by atomic mass is 9.95. The van der Waals surface area contributed by atoms with Gasteiger partial charge in [0.25, 0.3) is 0 Å². The van der Waals surface area contributed by atoms with Crippen molar-refractivity contribution in [2.75, 3.05) is 20.3 Å². The van der Waals surface area contributed by atoms with Crippen LogP contribution in [0.4, 0.5) is 13.2 Å². The first-order chi connectivity index (χ1) is 18.3. The number of nitrogens with zero attached hydrogens (tertiary/aromatic N) is 2. The molecule has 3 aliphatic rings. The quantitative estimate of drug-likeness (QED) is 0.289. The van der Waals surface area contributed by atoms with E-state index in [9.17, 15) is 18.0 Å². The molecule has 0 amide bonds. The molecule has 2 aliphatic heterocycles. The van der Waals surface area contributed by atoms with Gasteiger partial charge in [-0.15, -0.1) is 11.3 Å². The number of methoxy groups -OCH3 is 1. The Hall–Kier alpha value is -3.11. The molecule has 2 aromatic carbocycles. The number of rotatable bonds is 6. The maximum absolute atomic E-state index is 14.1. The van der Waals surface area contributed by atoms with Crippen LogP contribution in [0, 0.1) is 0 Å². The van der Waals surface area contributed by atoms with E-state index in [1.165, 1.54) is 13.2 Å². The van der Waals surface area contributed by atoms with Gasteiger partial charge < -0.3 is 19.0 Å². The van der Waals surface area contributed by atoms with Crippen molar-refractivity contribution in [1.29, 1.82) is 0 Å². The first kappa shape index (κ1) is 25.2. The van der Waals surface area contributed by atoms with Crippen LogP contribution in [0.5, 0.6) is 11.5 Å². The number of hydrogen-bond acceptors (Lipinski definition) is 6. The molecule has 6 nitrogen and oxygen atoms in total. The molecule has 0 spiro atoms. The smallest absolute Gasteiger partial charge is 0.483 e. The highest BCUT2D eigenvalue weighted by Crippen LogP contribution is 2.44. The molecule has 1 aromatic heterocycles. The Morgan fingerprint density at radius 1 is 1.21 bits per heavy atom. The Bertz CT molecular complexity index is 1370. The Balaban J connectivity index is 1.24. The van der Waals surface area contributed by atoms with Gasteiger partial charge in [0.15, 0.2) is 7.11 Å². The van der Waals surface area contributed by atoms with E-state index >= 15 is 0 Å². The maximum atomic E-state index is 14.1. The lowest BCUT2D eigenvalue weighted by molar-refractivity contribution is -0.138. The first-order valence-corrected chi connectivity index (χ1v) is 13.6. The van der Waals surface area contributed by atoms with Crippen molar-refractivity contribution >= 4 is 17.3 Å². The van der Waals surface area contributed by atoms with E-state index in [-0.39, 0.29) is 24.5 Å². The zero-order valence-electron chi connectivity index (χ0n) is 20.9. The number of halogens is 3. The lowest BCUT2D eigenvalue weighted by Crippen LogP contribution is -2.31. The van der Waals surface area contributed by atoms with Gasteiger partial charge in [0.2, 0.25) is 0 Å². The number of aromatic nitrogens is 1. The minimum Gasteiger partial charge on any atom is -0.492 e. The normalized spacial score (nSPS) is 20.4. The van der Waals surface area contributed by atoms with Crippen LogP contribution in [0.1, 0.15) is 63.3 Å². The van der Waals surface area contributed by atoms with Crippen LogP contribution < -0.4 is 9.47 Å². The van der Waals surface area contributed by atoms with Crippen molar-refractivity contribution in [1.82, 2.24) is 9.88 Å². The van der Waals surface area contributed by atoms with Crippen LogP contribution in [0.3, 0.4) is 0 Å². The Morgan fingerprint density at radius 3 is 2.87 bits per heavy atom. The molecule has 3 heterocycles. The Morgan fingerprint density at radius 2 is 2.05 bits per heavy atom. The standard InChI is InChI=1S/C28H27F3N2O4S/c1-35-27(34)10-16-14-36-25-11-17(2-3-18(16)25)37-24-7-5-19-20(24)4-6-22(28(29,30)31)21(19)12-33-9-8-23-26(13-33)38-15-32-23/h2-4,6,11,15-16,24H,5,7-10,12-14H2,1H3/p+1/t16?,24-/m1/s1. The second-order valence-electron chi connectivity index (χ2n) is 9.99. The Labute approximate surface area is 222 Å². The van der Waals surface area contributed by atoms with Crippen molar-refractivity contribution in [3.8, 4) is 11.5 Å². The van der Waals surface area contributed by atoms with Gasteiger partial charge in [-0.2, -0.15) is 13.2 Å². The summed E-state index contributed by atoms with van der Waals surface area (Å²) >= 11 is 1.56. The molecule has 6 rings (SSSR count). The molecule has 0 saturated heterocycles. The second-order valence-corrected chi connectivity index (χ2v) is 10.9. The van der Waals surface area contributed by atoms with Gasteiger partial charge >= 0.3 is 12.1 Å². The largest absolute Gasteiger partial charge is 0.492 e. The van der Waals surface area contributed by atoms with Crippen LogP contribution in [0.15, 0.2) is 35.8 Å². The molecule has 0 radical (unpaired) electrons. The van der Waals surface area contributed by atoms with Gasteiger partial charge in [0.1, 0.15) is 24.0 Å². The van der Waals surface area contributed by atoms with Crippen molar-refractivity contribution in [2.24, 2.45) is 0 Å². The molecule has 1 N–H and O–H groups in total. The van der Waals surface area contributed by atoms with E-state index in [0.29, 0.717) is 56.0 Å². The fourth-order valence-electron chi connectivity index (χ4n) is 5.80. The van der Waals surface area contributed by atoms with Gasteiger partial charge in [-0.3, -0.25) is 4.90 Å². The fourth-order valence-corrected chi connectivity index (χ4v) is 6.65. The third-order valence-electron chi connectivity index (χ3n) is 7.72. The minimum atomic E-state index is -4.42. The van der Waals surface area contributed by atoms with Gasteiger partial charge in [0, 0.05) is 48.5 Å². The van der Waals surface area contributed by atoms with Crippen LogP contribution in [0.2, 0.25) is 0 Å². The highest BCUT2D eigenvalue weighted by Gasteiger charge is 2.38. The molecule has 0 bridgehead atoms. The third kappa shape index (κ3) is 4.75. The summed E-state index contributed by atoms with van der Waals surface area (Å²) in [6.45, 7) is 1.99. The summed E-state index contributed by atoms with van der Waals surface area (Å²) in [6.07, 6.45) is -2.50. The summed E-state index contributed by atoms with van der Waals surface area (Å²) in [6, 6.07) is 8.40. The number of carbonyl (C=O) groups excluding carboxylic acids is 1. The zero-order valence-corrected chi connectivity index (χ0v) is 21.7. The molecule has 0 saturated carbocycles. The number of alkyl halides is 3. The first-order valence-electron chi connectivity index (χ1n) is 12.7. The molecule has 2 atom stereocenters. The molecule has 38 heavy (non-hydrogen) atoms. The number of benzene rings is 2. The summed E-state index contributed by atoms with van der Waals surface area (Å²) < 4.78 is 59.2. The molecular weight excluding hydrogens is 517 g/mol. The highest BCUT2D eigenvalue weighted by molar-refractivity contribution is 7.09. The molecule has 1 aliphatic carbocycles. The summed E-state index contributed by atoms with van der Waals surface area (Å²) in [5, 5.41) is 0. The highest BCUT2D eigenvalue weighted by atomic mass is 32.1. The van der Waals surface area contributed by atoms with E-state index in [1.807, 2.05) is 23.7 Å². The average molecular weight is 546 g/mol. The molecule has 0 fully saturated rings. The van der Waals surface area contributed by atoms with E-state index in [2.05, 4.69) is 9.88 Å². The Kier molecular flexibility index (Phi) is 6.55. The topological polar surface area (TPSA) is 65.2 Å². The summed E-state index contributed by atoms with van der Waals surface area (Å²) in [5.41, 5.74) is 5.22. The second kappa shape index (κ2) is 9.89. The van der Waals surface area contributed by atoms with E-state index in [0.717, 1.165) is 33.7 Å². The minimum absolute atomic E-state index is 0.00891. The predicted octanol–water partition coefficient (Wildman–Crippen LogP) is 5.80. The van der Waals surface area contributed by atoms with Gasteiger partial charge in [0.05, 0.1) is 23.4 Å². The lowest BCUT2D eigenvalue weighted by Gasteiger charge is -2.28. The molecule has 10 heteroatoms. The molecule has 1 unspecified atom stereocenters.